The van der Waals surface area contributed by atoms with Crippen molar-refractivity contribution in [3.8, 4) is 45.4 Å². The topological polar surface area (TPSA) is 171 Å². The minimum absolute atomic E-state index is 0.0282. The summed E-state index contributed by atoms with van der Waals surface area (Å²) < 4.78 is 26.6. The lowest BCUT2D eigenvalue weighted by molar-refractivity contribution is -0.403. The first-order chi connectivity index (χ1) is 17.8. The third-order valence-corrected chi connectivity index (χ3v) is 6.28. The van der Waals surface area contributed by atoms with Crippen molar-refractivity contribution in [2.75, 3.05) is 40.3 Å². The van der Waals surface area contributed by atoms with Crippen molar-refractivity contribution in [2.45, 2.75) is 18.9 Å². The Morgan fingerprint density at radius 2 is 1.70 bits per heavy atom. The number of nitrogens with zero attached hydrogens (tertiary/aromatic N) is 2. The monoisotopic (exact) mass is 529 g/mol. The van der Waals surface area contributed by atoms with Gasteiger partial charge >= 0.3 is 0 Å². The van der Waals surface area contributed by atoms with E-state index < -0.39 is 6.04 Å². The van der Waals surface area contributed by atoms with E-state index in [0.717, 1.165) is 22.4 Å². The normalized spacial score (nSPS) is 11.4. The van der Waals surface area contributed by atoms with Crippen LogP contribution in [0, 0.1) is 0 Å². The van der Waals surface area contributed by atoms with E-state index in [4.69, 9.17) is 30.4 Å². The predicted octanol–water partition coefficient (Wildman–Crippen LogP) is 2.11. The number of guanidine groups is 1. The zero-order valence-corrected chi connectivity index (χ0v) is 22.2. The van der Waals surface area contributed by atoms with Crippen LogP contribution in [0.4, 0.5) is 5.69 Å². The highest BCUT2D eigenvalue weighted by molar-refractivity contribution is 7.04. The lowest BCUT2D eigenvalue weighted by atomic mass is 10.0. The van der Waals surface area contributed by atoms with E-state index in [-0.39, 0.29) is 11.9 Å². The van der Waals surface area contributed by atoms with E-state index in [1.54, 1.807) is 34.5 Å². The van der Waals surface area contributed by atoms with Crippen molar-refractivity contribution in [3.63, 3.8) is 0 Å². The second-order valence-corrected chi connectivity index (χ2v) is 8.67. The van der Waals surface area contributed by atoms with E-state index in [9.17, 15) is 4.79 Å². The van der Waals surface area contributed by atoms with Gasteiger partial charge in [-0.25, -0.2) is 0 Å². The fourth-order valence-corrected chi connectivity index (χ4v) is 4.47. The summed E-state index contributed by atoms with van der Waals surface area (Å²) in [6, 6.07) is 8.78. The third kappa shape index (κ3) is 6.60. The zero-order chi connectivity index (χ0) is 26.9. The zero-order valence-electron chi connectivity index (χ0n) is 21.4. The number of ether oxygens (including phenoxy) is 4. The molecule has 198 valence electrons. The van der Waals surface area contributed by atoms with Gasteiger partial charge in [-0.05, 0) is 47.8 Å². The first-order valence-electron chi connectivity index (χ1n) is 11.4. The summed E-state index contributed by atoms with van der Waals surface area (Å²) in [5, 5.41) is 4.88. The van der Waals surface area contributed by atoms with Crippen molar-refractivity contribution >= 4 is 29.1 Å². The second kappa shape index (κ2) is 12.8. The molecule has 0 saturated carbocycles. The molecule has 0 spiro atoms. The van der Waals surface area contributed by atoms with E-state index in [0.29, 0.717) is 48.1 Å². The van der Waals surface area contributed by atoms with Gasteiger partial charge in [-0.1, -0.05) is 6.07 Å². The number of anilines is 1. The summed E-state index contributed by atoms with van der Waals surface area (Å²) >= 11 is 1.32. The van der Waals surface area contributed by atoms with Crippen LogP contribution < -0.4 is 41.5 Å². The maximum Gasteiger partial charge on any atom is 0.282 e. The summed E-state index contributed by atoms with van der Waals surface area (Å²) in [5.74, 6) is 1.89. The van der Waals surface area contributed by atoms with Gasteiger partial charge < -0.3 is 41.5 Å². The maximum atomic E-state index is 12.8. The fourth-order valence-electron chi connectivity index (χ4n) is 3.75. The molecular formula is C25H33N6O5S+. The quantitative estimate of drug-likeness (QED) is 0.157. The first-order valence-corrected chi connectivity index (χ1v) is 12.3. The summed E-state index contributed by atoms with van der Waals surface area (Å²) in [6.07, 6.45) is 1.17. The molecule has 2 aromatic carbocycles. The molecule has 0 bridgehead atoms. The minimum Gasteiger partial charge on any atom is -0.495 e. The summed E-state index contributed by atoms with van der Waals surface area (Å²) in [5.41, 5.74) is 18.5. The molecule has 0 aliphatic carbocycles. The van der Waals surface area contributed by atoms with Crippen molar-refractivity contribution in [2.24, 2.45) is 16.5 Å². The molecular weight excluding hydrogens is 496 g/mol. The summed E-state index contributed by atoms with van der Waals surface area (Å²) in [7, 11) is 6.24. The average Bonchev–Trinajstić information content (AvgIpc) is 3.40. The number of hydrogen-bond donors (Lipinski definition) is 4. The number of benzene rings is 2. The Bertz CT molecular complexity index is 1230. The number of nitrogens with one attached hydrogen (secondary N) is 1. The van der Waals surface area contributed by atoms with Crippen molar-refractivity contribution in [1.82, 2.24) is 4.37 Å². The van der Waals surface area contributed by atoms with Gasteiger partial charge in [-0.3, -0.25) is 9.79 Å². The van der Waals surface area contributed by atoms with Crippen LogP contribution in [0.15, 0.2) is 40.7 Å². The number of amides is 1. The van der Waals surface area contributed by atoms with Crippen LogP contribution in [0.5, 0.6) is 23.0 Å². The van der Waals surface area contributed by atoms with Gasteiger partial charge in [0.15, 0.2) is 23.5 Å². The van der Waals surface area contributed by atoms with Crippen molar-refractivity contribution in [3.05, 3.63) is 35.7 Å². The van der Waals surface area contributed by atoms with Crippen LogP contribution in [0.1, 0.15) is 12.8 Å². The van der Waals surface area contributed by atoms with Gasteiger partial charge in [0.25, 0.3) is 5.91 Å². The molecule has 0 fully saturated rings. The molecule has 0 saturated heterocycles. The Morgan fingerprint density at radius 1 is 1.03 bits per heavy atom. The number of aromatic nitrogens is 1. The highest BCUT2D eigenvalue weighted by atomic mass is 32.1. The molecule has 12 heteroatoms. The molecule has 3 rings (SSSR count). The van der Waals surface area contributed by atoms with Crippen molar-refractivity contribution in [1.29, 1.82) is 0 Å². The Hall–Kier alpha value is -4.03. The lowest BCUT2D eigenvalue weighted by Gasteiger charge is -2.15. The number of rotatable bonds is 12. The first kappa shape index (κ1) is 27.6. The standard InChI is InChI=1S/C25H32N6O5S/c1-33-19-8-7-14(10-18(19)30-24(32)17(26)6-5-9-29-25(27)28)16-13-37-31-22(16)15-11-20(34-2)23(36-4)21(12-15)35-3/h7-8,10-13,17H,5-6,9,26H2,1-4H3,(H,30,32)(H4,27,28,29)/p+1/t17-/m1/s1. The smallest absolute Gasteiger partial charge is 0.282 e. The van der Waals surface area contributed by atoms with Crippen LogP contribution in [0.3, 0.4) is 0 Å². The molecule has 37 heavy (non-hydrogen) atoms. The third-order valence-electron chi connectivity index (χ3n) is 5.65. The summed E-state index contributed by atoms with van der Waals surface area (Å²) in [4.78, 5) is 16.8. The van der Waals surface area contributed by atoms with Gasteiger partial charge in [0, 0.05) is 29.5 Å². The SMILES string of the molecule is COc1ccc(-c2csnc2-c2cc(OC)c(OC)c(OC)c2)cc1NC(=O)[C@H]([NH3+])CCCN=C(N)N. The number of carbonyl (C=O) groups excluding carboxylic acids is 1. The fraction of sp³-hybridized carbons (Fsp3) is 0.320. The lowest BCUT2D eigenvalue weighted by Crippen LogP contribution is -2.66. The average molecular weight is 530 g/mol. The molecule has 1 amide bonds. The van der Waals surface area contributed by atoms with Crippen LogP contribution in [0.2, 0.25) is 0 Å². The van der Waals surface area contributed by atoms with Crippen LogP contribution in [-0.2, 0) is 4.79 Å². The highest BCUT2D eigenvalue weighted by Gasteiger charge is 2.21. The van der Waals surface area contributed by atoms with Gasteiger partial charge in [0.1, 0.15) is 5.75 Å². The number of methoxy groups -OCH3 is 4. The van der Waals surface area contributed by atoms with Gasteiger partial charge in [-0.2, -0.15) is 4.37 Å². The van der Waals surface area contributed by atoms with Gasteiger partial charge in [-0.15, -0.1) is 0 Å². The number of hydrogen-bond acceptors (Lipinski definition) is 8. The molecule has 1 heterocycles. The number of nitrogens with two attached hydrogens (primary N) is 2. The molecule has 1 aromatic heterocycles. The van der Waals surface area contributed by atoms with E-state index in [2.05, 4.69) is 20.4 Å². The Labute approximate surface area is 219 Å². The van der Waals surface area contributed by atoms with E-state index >= 15 is 0 Å². The second-order valence-electron chi connectivity index (χ2n) is 8.04. The molecule has 0 unspecified atom stereocenters. The van der Waals surface area contributed by atoms with Crippen molar-refractivity contribution < 1.29 is 29.5 Å². The van der Waals surface area contributed by atoms with Gasteiger partial charge in [0.2, 0.25) is 5.75 Å². The molecule has 1 atom stereocenters. The van der Waals surface area contributed by atoms with Gasteiger partial charge in [0.05, 0.1) is 39.8 Å². The Balaban J connectivity index is 1.90. The van der Waals surface area contributed by atoms with Crippen LogP contribution in [0.25, 0.3) is 22.4 Å². The molecule has 8 N–H and O–H groups in total. The Kier molecular flexibility index (Phi) is 9.52. The van der Waals surface area contributed by atoms with E-state index in [1.165, 1.54) is 11.5 Å². The van der Waals surface area contributed by atoms with Crippen LogP contribution >= 0.6 is 11.5 Å². The van der Waals surface area contributed by atoms with E-state index in [1.807, 2.05) is 29.6 Å². The minimum atomic E-state index is -0.486. The molecule has 3 aromatic rings. The number of carbonyl (C=O) groups is 1. The predicted molar refractivity (Wildman–Crippen MR) is 144 cm³/mol. The Morgan fingerprint density at radius 3 is 2.30 bits per heavy atom. The highest BCUT2D eigenvalue weighted by Crippen LogP contribution is 2.44. The van der Waals surface area contributed by atoms with Crippen LogP contribution in [-0.4, -0.2) is 57.3 Å². The number of quaternary nitrogens is 1. The maximum absolute atomic E-state index is 12.8. The summed E-state index contributed by atoms with van der Waals surface area (Å²) in [6.45, 7) is 0.440. The molecule has 11 nitrogen and oxygen atoms in total. The molecule has 0 aliphatic rings. The molecule has 0 radical (unpaired) electrons. The number of aliphatic imine (C=N–C) groups is 1. The molecule has 0 aliphatic heterocycles. The largest absolute Gasteiger partial charge is 0.495 e.